The van der Waals surface area contributed by atoms with Gasteiger partial charge in [-0.25, -0.2) is 9.89 Å². The summed E-state index contributed by atoms with van der Waals surface area (Å²) in [6.45, 7) is 0. The maximum atomic E-state index is 13.7. The minimum Gasteiger partial charge on any atom is -0.341 e. The van der Waals surface area contributed by atoms with Gasteiger partial charge >= 0.3 is 0 Å². The molecule has 1 aromatic heterocycles. The molecule has 37 heavy (non-hydrogen) atoms. The van der Waals surface area contributed by atoms with Gasteiger partial charge in [0.05, 0.1) is 0 Å². The zero-order chi connectivity index (χ0) is 25.2. The highest BCUT2D eigenvalue weighted by molar-refractivity contribution is 7.99. The molecule has 0 radical (unpaired) electrons. The van der Waals surface area contributed by atoms with Gasteiger partial charge in [-0.3, -0.25) is 4.79 Å². The van der Waals surface area contributed by atoms with E-state index >= 15 is 0 Å². The minimum absolute atomic E-state index is 0.154. The highest BCUT2D eigenvalue weighted by Gasteiger charge is 2.33. The van der Waals surface area contributed by atoms with E-state index in [1.54, 1.807) is 28.4 Å². The molecule has 1 aliphatic rings. The van der Waals surface area contributed by atoms with E-state index in [0.29, 0.717) is 17.4 Å². The summed E-state index contributed by atoms with van der Waals surface area (Å²) < 4.78 is 0. The lowest BCUT2D eigenvalue weighted by atomic mass is 10.2. The van der Waals surface area contributed by atoms with Crippen molar-refractivity contribution in [1.29, 1.82) is 0 Å². The Balaban J connectivity index is 1.38. The van der Waals surface area contributed by atoms with Crippen LogP contribution in [0.1, 0.15) is 11.1 Å². The first-order valence-electron chi connectivity index (χ1n) is 11.9. The molecular weight excluding hydrogens is 494 g/mol. The van der Waals surface area contributed by atoms with Crippen LogP contribution in [0.25, 0.3) is 17.0 Å². The largest absolute Gasteiger partial charge is 0.341 e. The molecule has 1 N–H and O–H groups in total. The second-order valence-corrected chi connectivity index (χ2v) is 10.6. The molecule has 0 saturated heterocycles. The summed E-state index contributed by atoms with van der Waals surface area (Å²) >= 11 is 3.41. The molecule has 6 rings (SSSR count). The van der Waals surface area contributed by atoms with Crippen LogP contribution < -0.4 is 4.90 Å². The van der Waals surface area contributed by atoms with E-state index in [-0.39, 0.29) is 5.91 Å². The molecule has 1 aliphatic heterocycles. The van der Waals surface area contributed by atoms with Gasteiger partial charge in [0.25, 0.3) is 5.91 Å². The third-order valence-corrected chi connectivity index (χ3v) is 7.85. The number of nitrogens with one attached hydrogen (secondary N) is 1. The van der Waals surface area contributed by atoms with Gasteiger partial charge in [-0.2, -0.15) is 0 Å². The van der Waals surface area contributed by atoms with Crippen molar-refractivity contribution in [2.24, 2.45) is 4.99 Å². The van der Waals surface area contributed by atoms with E-state index in [1.165, 1.54) is 9.79 Å². The molecule has 1 amide bonds. The topological polar surface area (TPSA) is 48.5 Å². The van der Waals surface area contributed by atoms with Crippen molar-refractivity contribution in [3.63, 3.8) is 0 Å². The maximum absolute atomic E-state index is 13.7. The molecule has 0 aliphatic carbocycles. The molecule has 0 fully saturated rings. The number of rotatable bonds is 6. The number of nitrogens with zero attached hydrogens (tertiary/aromatic N) is 2. The Morgan fingerprint density at radius 1 is 0.784 bits per heavy atom. The van der Waals surface area contributed by atoms with Crippen molar-refractivity contribution in [3.05, 3.63) is 126 Å². The Kier molecular flexibility index (Phi) is 6.43. The van der Waals surface area contributed by atoms with E-state index in [4.69, 9.17) is 4.99 Å². The molecular formula is C31H23N3OS2. The zero-order valence-electron chi connectivity index (χ0n) is 20.1. The van der Waals surface area contributed by atoms with Gasteiger partial charge in [0, 0.05) is 31.2 Å². The van der Waals surface area contributed by atoms with Crippen molar-refractivity contribution >= 4 is 58.1 Å². The van der Waals surface area contributed by atoms with Gasteiger partial charge in [0.2, 0.25) is 0 Å². The summed E-state index contributed by atoms with van der Waals surface area (Å²) in [6, 6.07) is 36.6. The van der Waals surface area contributed by atoms with Gasteiger partial charge in [-0.15, -0.1) is 11.8 Å². The second-order valence-electron chi connectivity index (χ2n) is 8.56. The third-order valence-electron chi connectivity index (χ3n) is 6.11. The number of amides is 1. The smallest absolute Gasteiger partial charge is 0.283 e. The Hall–Kier alpha value is -4.00. The number of aromatic nitrogens is 1. The summed E-state index contributed by atoms with van der Waals surface area (Å²) in [5.41, 5.74) is 3.21. The van der Waals surface area contributed by atoms with E-state index in [1.807, 2.05) is 79.1 Å². The first-order valence-corrected chi connectivity index (χ1v) is 13.9. The van der Waals surface area contributed by atoms with E-state index in [0.717, 1.165) is 26.9 Å². The fourth-order valence-corrected chi connectivity index (χ4v) is 5.58. The van der Waals surface area contributed by atoms with Crippen LogP contribution in [-0.4, -0.2) is 23.0 Å². The number of fused-ring (bicyclic) bond motifs is 1. The molecule has 4 aromatic carbocycles. The number of hydrogen-bond donors (Lipinski definition) is 1. The van der Waals surface area contributed by atoms with Crippen molar-refractivity contribution in [2.45, 2.75) is 14.7 Å². The van der Waals surface area contributed by atoms with Crippen LogP contribution in [-0.2, 0) is 4.79 Å². The number of aliphatic imine (C=N–C) groups is 1. The quantitative estimate of drug-likeness (QED) is 0.184. The van der Waals surface area contributed by atoms with Crippen LogP contribution in [0.2, 0.25) is 0 Å². The normalized spacial score (nSPS) is 14.5. The number of anilines is 1. The molecule has 0 spiro atoms. The standard InChI is InChI=1S/C31H23N3OS2/c1-36-24-14-12-21(13-15-24)18-28-31(35)34(30(33-28)22-8-4-2-5-9-22)29-20-23-19-26(16-17-27(23)32-29)37-25-10-6-3-7-11-25/h2-20,32H,1H3/b28-18-. The summed E-state index contributed by atoms with van der Waals surface area (Å²) in [4.78, 5) is 27.2. The van der Waals surface area contributed by atoms with E-state index < -0.39 is 0 Å². The van der Waals surface area contributed by atoms with Crippen LogP contribution in [0.4, 0.5) is 5.82 Å². The first-order chi connectivity index (χ1) is 18.2. The predicted molar refractivity (Wildman–Crippen MR) is 156 cm³/mol. The van der Waals surface area contributed by atoms with Crippen molar-refractivity contribution in [3.8, 4) is 0 Å². The summed E-state index contributed by atoms with van der Waals surface area (Å²) in [6.07, 6.45) is 3.90. The molecule has 0 bridgehead atoms. The average Bonchev–Trinajstić information content (AvgIpc) is 3.50. The van der Waals surface area contributed by atoms with E-state index in [9.17, 15) is 4.79 Å². The highest BCUT2D eigenvalue weighted by atomic mass is 32.2. The Labute approximate surface area is 224 Å². The maximum Gasteiger partial charge on any atom is 0.283 e. The lowest BCUT2D eigenvalue weighted by Crippen LogP contribution is -2.32. The molecule has 0 unspecified atom stereocenters. The Morgan fingerprint density at radius 2 is 1.49 bits per heavy atom. The number of aromatic amines is 1. The molecule has 6 heteroatoms. The fourth-order valence-electron chi connectivity index (χ4n) is 4.28. The number of hydrogen-bond acceptors (Lipinski definition) is 4. The molecule has 2 heterocycles. The number of amidine groups is 1. The monoisotopic (exact) mass is 517 g/mol. The highest BCUT2D eigenvalue weighted by Crippen LogP contribution is 2.34. The average molecular weight is 518 g/mol. The van der Waals surface area contributed by atoms with Crippen molar-refractivity contribution < 1.29 is 4.79 Å². The van der Waals surface area contributed by atoms with Gasteiger partial charge in [-0.05, 0) is 66.4 Å². The van der Waals surface area contributed by atoms with Gasteiger partial charge in [0.1, 0.15) is 17.4 Å². The molecule has 5 aromatic rings. The van der Waals surface area contributed by atoms with Crippen LogP contribution in [0, 0.1) is 0 Å². The van der Waals surface area contributed by atoms with Crippen LogP contribution in [0.3, 0.4) is 0 Å². The predicted octanol–water partition coefficient (Wildman–Crippen LogP) is 7.88. The van der Waals surface area contributed by atoms with Gasteiger partial charge in [0.15, 0.2) is 0 Å². The van der Waals surface area contributed by atoms with Crippen molar-refractivity contribution in [2.75, 3.05) is 11.2 Å². The summed E-state index contributed by atoms with van der Waals surface area (Å²) in [5.74, 6) is 1.16. The first kappa shape index (κ1) is 23.4. The Morgan fingerprint density at radius 3 is 2.22 bits per heavy atom. The Bertz CT molecular complexity index is 1640. The molecule has 0 atom stereocenters. The lowest BCUT2D eigenvalue weighted by Gasteiger charge is -2.16. The molecule has 180 valence electrons. The zero-order valence-corrected chi connectivity index (χ0v) is 21.7. The summed E-state index contributed by atoms with van der Waals surface area (Å²) in [5, 5.41) is 1.04. The lowest BCUT2D eigenvalue weighted by molar-refractivity contribution is -0.113. The number of carbonyl (C=O) groups excluding carboxylic acids is 1. The van der Waals surface area contributed by atoms with Crippen molar-refractivity contribution in [1.82, 2.24) is 4.98 Å². The number of thioether (sulfide) groups is 1. The van der Waals surface area contributed by atoms with Crippen LogP contribution in [0.15, 0.2) is 135 Å². The molecule has 0 saturated carbocycles. The SMILES string of the molecule is CSc1ccc(/C=C2\N=C(c3ccccc3)N(c3cc4cc(Sc5ccccc5)ccc4[nH]3)C2=O)cc1. The minimum atomic E-state index is -0.154. The third kappa shape index (κ3) is 4.86. The van der Waals surface area contributed by atoms with Crippen LogP contribution in [0.5, 0.6) is 0 Å². The van der Waals surface area contributed by atoms with Crippen LogP contribution >= 0.6 is 23.5 Å². The summed E-state index contributed by atoms with van der Waals surface area (Å²) in [7, 11) is 0. The number of carbonyl (C=O) groups is 1. The number of benzene rings is 4. The molecule has 4 nitrogen and oxygen atoms in total. The van der Waals surface area contributed by atoms with Gasteiger partial charge in [-0.1, -0.05) is 72.4 Å². The second kappa shape index (κ2) is 10.2. The number of H-pyrrole nitrogens is 1. The fraction of sp³-hybridized carbons (Fsp3) is 0.0323. The van der Waals surface area contributed by atoms with E-state index in [2.05, 4.69) is 47.4 Å². The van der Waals surface area contributed by atoms with Gasteiger partial charge < -0.3 is 4.98 Å².